The van der Waals surface area contributed by atoms with Crippen LogP contribution < -0.4 is 11.3 Å². The van der Waals surface area contributed by atoms with Gasteiger partial charge in [-0.05, 0) is 47.9 Å². The minimum absolute atomic E-state index is 0.180. The quantitative estimate of drug-likeness (QED) is 0.660. The predicted molar refractivity (Wildman–Crippen MR) is 69.4 cm³/mol. The van der Waals surface area contributed by atoms with E-state index in [-0.39, 0.29) is 11.9 Å². The molecule has 0 amide bonds. The summed E-state index contributed by atoms with van der Waals surface area (Å²) >= 11 is 5.86. The molecule has 0 radical (unpaired) electrons. The molecular weight excluding hydrogens is 253 g/mol. The summed E-state index contributed by atoms with van der Waals surface area (Å²) in [4.78, 5) is 3.94. The largest absolute Gasteiger partial charge is 0.271 e. The van der Waals surface area contributed by atoms with E-state index in [2.05, 4.69) is 10.4 Å². The molecule has 0 spiro atoms. The molecule has 0 aliphatic heterocycles. The zero-order valence-electron chi connectivity index (χ0n) is 9.61. The number of benzene rings is 1. The van der Waals surface area contributed by atoms with Crippen molar-refractivity contribution in [1.29, 1.82) is 0 Å². The second kappa shape index (κ2) is 5.91. The maximum absolute atomic E-state index is 13.6. The Bertz CT molecular complexity index is 519. The van der Waals surface area contributed by atoms with Gasteiger partial charge in [-0.1, -0.05) is 11.6 Å². The fourth-order valence-corrected chi connectivity index (χ4v) is 1.98. The first-order chi connectivity index (χ1) is 8.70. The number of pyridine rings is 1. The van der Waals surface area contributed by atoms with Crippen LogP contribution in [0.4, 0.5) is 4.39 Å². The van der Waals surface area contributed by atoms with Crippen LogP contribution in [0.15, 0.2) is 42.7 Å². The average molecular weight is 266 g/mol. The summed E-state index contributed by atoms with van der Waals surface area (Å²) in [6.07, 6.45) is 3.77. The normalized spacial score (nSPS) is 12.4. The van der Waals surface area contributed by atoms with Crippen molar-refractivity contribution in [1.82, 2.24) is 10.4 Å². The molecule has 0 saturated carbocycles. The first kappa shape index (κ1) is 13.0. The molecule has 3 N–H and O–H groups in total. The highest BCUT2D eigenvalue weighted by Gasteiger charge is 2.13. The van der Waals surface area contributed by atoms with Crippen LogP contribution in [0.1, 0.15) is 17.2 Å². The number of nitrogens with one attached hydrogen (secondary N) is 1. The molecule has 0 bridgehead atoms. The summed E-state index contributed by atoms with van der Waals surface area (Å²) in [6.45, 7) is 0. The van der Waals surface area contributed by atoms with Crippen LogP contribution in [-0.2, 0) is 6.42 Å². The molecule has 18 heavy (non-hydrogen) atoms. The number of hydrogen-bond acceptors (Lipinski definition) is 3. The lowest BCUT2D eigenvalue weighted by molar-refractivity contribution is 0.529. The summed E-state index contributed by atoms with van der Waals surface area (Å²) in [5.74, 6) is 5.23. The lowest BCUT2D eigenvalue weighted by Gasteiger charge is -2.16. The Labute approximate surface area is 110 Å². The van der Waals surface area contributed by atoms with Gasteiger partial charge in [0.1, 0.15) is 5.82 Å². The highest BCUT2D eigenvalue weighted by Crippen LogP contribution is 2.21. The van der Waals surface area contributed by atoms with Crippen LogP contribution in [-0.4, -0.2) is 4.98 Å². The van der Waals surface area contributed by atoms with Crippen molar-refractivity contribution in [3.63, 3.8) is 0 Å². The van der Waals surface area contributed by atoms with Gasteiger partial charge in [0.2, 0.25) is 0 Å². The van der Waals surface area contributed by atoms with Gasteiger partial charge in [0.05, 0.1) is 6.04 Å². The van der Waals surface area contributed by atoms with E-state index in [1.165, 1.54) is 12.1 Å². The highest BCUT2D eigenvalue weighted by atomic mass is 35.5. The minimum Gasteiger partial charge on any atom is -0.271 e. The van der Waals surface area contributed by atoms with Gasteiger partial charge >= 0.3 is 0 Å². The SMILES string of the molecule is NNC(Cc1cc(Cl)ccc1F)c1ccncc1. The zero-order valence-corrected chi connectivity index (χ0v) is 10.4. The van der Waals surface area contributed by atoms with Crippen molar-refractivity contribution in [2.24, 2.45) is 5.84 Å². The third-order valence-electron chi connectivity index (χ3n) is 2.74. The fraction of sp³-hybridized carbons (Fsp3) is 0.154. The summed E-state index contributed by atoms with van der Waals surface area (Å²) in [7, 11) is 0. The Morgan fingerprint density at radius 1 is 1.28 bits per heavy atom. The number of aromatic nitrogens is 1. The van der Waals surface area contributed by atoms with Gasteiger partial charge in [-0.25, -0.2) is 4.39 Å². The Kier molecular flexibility index (Phi) is 4.25. The van der Waals surface area contributed by atoms with E-state index in [9.17, 15) is 4.39 Å². The van der Waals surface area contributed by atoms with Crippen LogP contribution in [0, 0.1) is 5.82 Å². The molecule has 0 aliphatic rings. The van der Waals surface area contributed by atoms with Crippen LogP contribution in [0.5, 0.6) is 0 Å². The Morgan fingerprint density at radius 3 is 2.67 bits per heavy atom. The topological polar surface area (TPSA) is 50.9 Å². The average Bonchev–Trinajstić information content (AvgIpc) is 2.41. The number of hydrogen-bond donors (Lipinski definition) is 2. The standard InChI is InChI=1S/C13H13ClFN3/c14-11-1-2-12(15)10(7-11)8-13(18-16)9-3-5-17-6-4-9/h1-7,13,18H,8,16H2. The minimum atomic E-state index is -0.284. The highest BCUT2D eigenvalue weighted by molar-refractivity contribution is 6.30. The Morgan fingerprint density at radius 2 is 2.00 bits per heavy atom. The van der Waals surface area contributed by atoms with Gasteiger partial charge in [0.25, 0.3) is 0 Å². The van der Waals surface area contributed by atoms with E-state index in [0.29, 0.717) is 17.0 Å². The van der Waals surface area contributed by atoms with Gasteiger partial charge < -0.3 is 0 Å². The van der Waals surface area contributed by atoms with E-state index in [1.54, 1.807) is 18.5 Å². The van der Waals surface area contributed by atoms with Crippen molar-refractivity contribution in [2.45, 2.75) is 12.5 Å². The molecule has 94 valence electrons. The number of nitrogens with zero attached hydrogens (tertiary/aromatic N) is 1. The third kappa shape index (κ3) is 3.04. The summed E-state index contributed by atoms with van der Waals surface area (Å²) in [6, 6.07) is 8.00. The number of hydrazine groups is 1. The first-order valence-corrected chi connectivity index (χ1v) is 5.88. The van der Waals surface area contributed by atoms with Crippen LogP contribution in [0.25, 0.3) is 0 Å². The molecule has 5 heteroatoms. The molecule has 2 aromatic rings. The molecule has 0 fully saturated rings. The molecular formula is C13H13ClFN3. The summed E-state index contributed by atoms with van der Waals surface area (Å²) in [5, 5.41) is 0.511. The fourth-order valence-electron chi connectivity index (χ4n) is 1.79. The smallest absolute Gasteiger partial charge is 0.126 e. The molecule has 1 aromatic carbocycles. The molecule has 3 nitrogen and oxygen atoms in total. The van der Waals surface area contributed by atoms with Gasteiger partial charge in [-0.15, -0.1) is 0 Å². The molecule has 1 aromatic heterocycles. The number of rotatable bonds is 4. The summed E-state index contributed by atoms with van der Waals surface area (Å²) in [5.41, 5.74) is 4.16. The van der Waals surface area contributed by atoms with Crippen molar-refractivity contribution in [2.75, 3.05) is 0 Å². The molecule has 2 rings (SSSR count). The lowest BCUT2D eigenvalue weighted by Crippen LogP contribution is -2.29. The van der Waals surface area contributed by atoms with Crippen molar-refractivity contribution >= 4 is 11.6 Å². The Balaban J connectivity index is 2.23. The van der Waals surface area contributed by atoms with E-state index in [0.717, 1.165) is 5.56 Å². The maximum atomic E-state index is 13.6. The predicted octanol–water partition coefficient (Wildman–Crippen LogP) is 2.62. The molecule has 0 aliphatic carbocycles. The van der Waals surface area contributed by atoms with Crippen molar-refractivity contribution in [3.05, 3.63) is 64.7 Å². The second-order valence-electron chi connectivity index (χ2n) is 3.94. The number of nitrogens with two attached hydrogens (primary N) is 1. The third-order valence-corrected chi connectivity index (χ3v) is 2.98. The van der Waals surface area contributed by atoms with Gasteiger partial charge in [-0.2, -0.15) is 0 Å². The Hall–Kier alpha value is -1.49. The first-order valence-electron chi connectivity index (χ1n) is 5.50. The van der Waals surface area contributed by atoms with Crippen LogP contribution in [0.3, 0.4) is 0 Å². The van der Waals surface area contributed by atoms with Crippen LogP contribution >= 0.6 is 11.6 Å². The molecule has 1 unspecified atom stereocenters. The lowest BCUT2D eigenvalue weighted by atomic mass is 10.00. The van der Waals surface area contributed by atoms with E-state index in [4.69, 9.17) is 17.4 Å². The van der Waals surface area contributed by atoms with Gasteiger partial charge in [0.15, 0.2) is 0 Å². The molecule has 1 heterocycles. The summed E-state index contributed by atoms with van der Waals surface area (Å²) < 4.78 is 13.6. The molecule has 0 saturated heterocycles. The van der Waals surface area contributed by atoms with E-state index < -0.39 is 0 Å². The zero-order chi connectivity index (χ0) is 13.0. The van der Waals surface area contributed by atoms with Gasteiger partial charge in [-0.3, -0.25) is 16.3 Å². The van der Waals surface area contributed by atoms with Crippen LogP contribution in [0.2, 0.25) is 5.02 Å². The molecule has 1 atom stereocenters. The van der Waals surface area contributed by atoms with Crippen molar-refractivity contribution < 1.29 is 4.39 Å². The monoisotopic (exact) mass is 265 g/mol. The second-order valence-corrected chi connectivity index (χ2v) is 4.38. The maximum Gasteiger partial charge on any atom is 0.126 e. The van der Waals surface area contributed by atoms with E-state index >= 15 is 0 Å². The van der Waals surface area contributed by atoms with E-state index in [1.807, 2.05) is 12.1 Å². The van der Waals surface area contributed by atoms with Gasteiger partial charge in [0, 0.05) is 17.4 Å². The number of halogens is 2. The van der Waals surface area contributed by atoms with Crippen molar-refractivity contribution in [3.8, 4) is 0 Å².